The van der Waals surface area contributed by atoms with Crippen LogP contribution in [-0.4, -0.2) is 36.0 Å². The third-order valence-electron chi connectivity index (χ3n) is 3.08. The van der Waals surface area contributed by atoms with Gasteiger partial charge in [-0.1, -0.05) is 28.1 Å². The summed E-state index contributed by atoms with van der Waals surface area (Å²) in [7, 11) is 1.60. The van der Waals surface area contributed by atoms with E-state index in [0.29, 0.717) is 4.88 Å². The number of carbonyl (C=O) groups is 2. The Labute approximate surface area is 154 Å². The minimum Gasteiger partial charge on any atom is -0.459 e. The highest BCUT2D eigenvalue weighted by molar-refractivity contribution is 9.10. The van der Waals surface area contributed by atoms with Crippen LogP contribution in [0.4, 0.5) is 0 Å². The molecule has 0 aliphatic carbocycles. The molecule has 0 atom stereocenters. The van der Waals surface area contributed by atoms with Crippen LogP contribution in [0.25, 0.3) is 10.4 Å². The number of hydrogen-bond donors (Lipinski definition) is 0. The molecular weight excluding hydrogens is 390 g/mol. The molecule has 0 saturated heterocycles. The van der Waals surface area contributed by atoms with Crippen LogP contribution in [0.15, 0.2) is 40.9 Å². The summed E-state index contributed by atoms with van der Waals surface area (Å²) in [5, 5.41) is 0. The quantitative estimate of drug-likeness (QED) is 0.693. The lowest BCUT2D eigenvalue weighted by molar-refractivity contribution is -0.155. The van der Waals surface area contributed by atoms with Crippen molar-refractivity contribution in [3.63, 3.8) is 0 Å². The molecule has 1 amide bonds. The Balaban J connectivity index is 2.05. The molecule has 0 aliphatic rings. The molecule has 0 aliphatic heterocycles. The molecule has 1 aromatic carbocycles. The highest BCUT2D eigenvalue weighted by atomic mass is 79.9. The highest BCUT2D eigenvalue weighted by Crippen LogP contribution is 2.29. The zero-order chi connectivity index (χ0) is 17.9. The summed E-state index contributed by atoms with van der Waals surface area (Å²) in [5.41, 5.74) is 0.496. The summed E-state index contributed by atoms with van der Waals surface area (Å²) in [6, 6.07) is 11.6. The number of esters is 1. The van der Waals surface area contributed by atoms with Crippen molar-refractivity contribution in [2.75, 3.05) is 13.6 Å². The van der Waals surface area contributed by atoms with Crippen molar-refractivity contribution in [2.24, 2.45) is 0 Å². The maximum Gasteiger partial charge on any atom is 0.326 e. The van der Waals surface area contributed by atoms with Gasteiger partial charge in [0.2, 0.25) is 0 Å². The summed E-state index contributed by atoms with van der Waals surface area (Å²) in [6.07, 6.45) is 0. The Morgan fingerprint density at radius 1 is 1.12 bits per heavy atom. The second kappa shape index (κ2) is 7.49. The number of hydrogen-bond acceptors (Lipinski definition) is 4. The lowest BCUT2D eigenvalue weighted by Gasteiger charge is -2.22. The summed E-state index contributed by atoms with van der Waals surface area (Å²) < 4.78 is 6.26. The van der Waals surface area contributed by atoms with Crippen molar-refractivity contribution in [1.29, 1.82) is 0 Å². The number of ether oxygens (including phenoxy) is 1. The fraction of sp³-hybridized carbons (Fsp3) is 0.333. The zero-order valence-electron chi connectivity index (χ0n) is 14.1. The van der Waals surface area contributed by atoms with E-state index in [4.69, 9.17) is 4.74 Å². The Bertz CT molecular complexity index is 731. The Morgan fingerprint density at radius 3 is 2.33 bits per heavy atom. The van der Waals surface area contributed by atoms with E-state index in [1.165, 1.54) is 16.2 Å². The topological polar surface area (TPSA) is 46.6 Å². The number of benzene rings is 1. The van der Waals surface area contributed by atoms with Crippen LogP contribution < -0.4 is 0 Å². The van der Waals surface area contributed by atoms with Crippen LogP contribution in [0.1, 0.15) is 30.4 Å². The molecule has 0 unspecified atom stereocenters. The normalized spacial score (nSPS) is 11.2. The second-order valence-electron chi connectivity index (χ2n) is 6.42. The minimum absolute atomic E-state index is 0.0678. The van der Waals surface area contributed by atoms with Gasteiger partial charge in [-0.15, -0.1) is 11.3 Å². The van der Waals surface area contributed by atoms with Crippen molar-refractivity contribution < 1.29 is 14.3 Å². The molecule has 0 bridgehead atoms. The third-order valence-corrected chi connectivity index (χ3v) is 4.73. The van der Waals surface area contributed by atoms with E-state index in [1.54, 1.807) is 33.9 Å². The largest absolute Gasteiger partial charge is 0.459 e. The predicted molar refractivity (Wildman–Crippen MR) is 100 cm³/mol. The van der Waals surface area contributed by atoms with Gasteiger partial charge in [0.05, 0.1) is 4.88 Å². The molecule has 6 heteroatoms. The van der Waals surface area contributed by atoms with Gasteiger partial charge in [0, 0.05) is 16.4 Å². The van der Waals surface area contributed by atoms with Gasteiger partial charge in [0.1, 0.15) is 12.1 Å². The number of halogens is 1. The molecule has 1 aromatic heterocycles. The average Bonchev–Trinajstić information content (AvgIpc) is 2.94. The number of nitrogens with zero attached hydrogens (tertiary/aromatic N) is 1. The van der Waals surface area contributed by atoms with Crippen molar-refractivity contribution in [3.05, 3.63) is 45.7 Å². The van der Waals surface area contributed by atoms with Crippen LogP contribution in [-0.2, 0) is 9.53 Å². The molecule has 0 N–H and O–H groups in total. The van der Waals surface area contributed by atoms with Gasteiger partial charge in [-0.2, -0.15) is 0 Å². The molecule has 2 aromatic rings. The van der Waals surface area contributed by atoms with Crippen molar-refractivity contribution in [1.82, 2.24) is 4.90 Å². The first-order valence-corrected chi connectivity index (χ1v) is 9.10. The van der Waals surface area contributed by atoms with E-state index in [1.807, 2.05) is 30.3 Å². The number of likely N-dealkylation sites (N-methyl/N-ethyl adjacent to an activating group) is 1. The molecule has 2 rings (SSSR count). The molecule has 0 saturated carbocycles. The van der Waals surface area contributed by atoms with Gasteiger partial charge < -0.3 is 9.64 Å². The van der Waals surface area contributed by atoms with Gasteiger partial charge >= 0.3 is 5.97 Å². The van der Waals surface area contributed by atoms with Gasteiger partial charge in [-0.05, 0) is 50.6 Å². The molecule has 0 fully saturated rings. The van der Waals surface area contributed by atoms with Crippen LogP contribution in [0.2, 0.25) is 0 Å². The van der Waals surface area contributed by atoms with Crippen LogP contribution >= 0.6 is 27.3 Å². The van der Waals surface area contributed by atoms with E-state index < -0.39 is 11.6 Å². The lowest BCUT2D eigenvalue weighted by atomic mass is 10.2. The first-order chi connectivity index (χ1) is 11.2. The van der Waals surface area contributed by atoms with Crippen molar-refractivity contribution >= 4 is 39.1 Å². The summed E-state index contributed by atoms with van der Waals surface area (Å²) in [6.45, 7) is 5.34. The first kappa shape index (κ1) is 18.7. The lowest BCUT2D eigenvalue weighted by Crippen LogP contribution is -2.35. The van der Waals surface area contributed by atoms with Crippen LogP contribution in [0.5, 0.6) is 0 Å². The Kier molecular flexibility index (Phi) is 5.83. The number of amides is 1. The SMILES string of the molecule is CN(CC(=O)OC(C)(C)C)C(=O)c1ccc(-c2ccc(Br)cc2)s1. The molecule has 4 nitrogen and oxygen atoms in total. The number of carbonyl (C=O) groups excluding carboxylic acids is 2. The molecule has 0 spiro atoms. The summed E-state index contributed by atoms with van der Waals surface area (Å²) >= 11 is 4.82. The van der Waals surface area contributed by atoms with E-state index in [-0.39, 0.29) is 12.5 Å². The van der Waals surface area contributed by atoms with E-state index in [0.717, 1.165) is 14.9 Å². The van der Waals surface area contributed by atoms with E-state index in [2.05, 4.69) is 15.9 Å². The summed E-state index contributed by atoms with van der Waals surface area (Å²) in [4.78, 5) is 27.3. The Morgan fingerprint density at radius 2 is 1.75 bits per heavy atom. The maximum absolute atomic E-state index is 12.5. The molecule has 24 heavy (non-hydrogen) atoms. The molecule has 128 valence electrons. The highest BCUT2D eigenvalue weighted by Gasteiger charge is 2.21. The average molecular weight is 410 g/mol. The number of rotatable bonds is 4. The molecule has 1 heterocycles. The third kappa shape index (κ3) is 5.18. The van der Waals surface area contributed by atoms with Crippen LogP contribution in [0, 0.1) is 0 Å². The maximum atomic E-state index is 12.5. The van der Waals surface area contributed by atoms with Crippen LogP contribution in [0.3, 0.4) is 0 Å². The van der Waals surface area contributed by atoms with Gasteiger partial charge in [-0.25, -0.2) is 0 Å². The smallest absolute Gasteiger partial charge is 0.326 e. The second-order valence-corrected chi connectivity index (χ2v) is 8.42. The summed E-state index contributed by atoms with van der Waals surface area (Å²) in [5.74, 6) is -0.600. The van der Waals surface area contributed by atoms with Crippen molar-refractivity contribution in [3.8, 4) is 10.4 Å². The first-order valence-electron chi connectivity index (χ1n) is 7.49. The standard InChI is InChI=1S/C18H20BrNO3S/c1-18(2,3)23-16(21)11-20(4)17(22)15-10-9-14(24-15)12-5-7-13(19)8-6-12/h5-10H,11H2,1-4H3. The Hall–Kier alpha value is -1.66. The molecule has 0 radical (unpaired) electrons. The van der Waals surface area contributed by atoms with E-state index in [9.17, 15) is 9.59 Å². The fourth-order valence-electron chi connectivity index (χ4n) is 2.05. The van der Waals surface area contributed by atoms with Gasteiger partial charge in [-0.3, -0.25) is 9.59 Å². The minimum atomic E-state index is -0.557. The number of thiophene rings is 1. The fourth-order valence-corrected chi connectivity index (χ4v) is 3.32. The zero-order valence-corrected chi connectivity index (χ0v) is 16.5. The molecular formula is C18H20BrNO3S. The predicted octanol–water partition coefficient (Wildman–Crippen LogP) is 4.59. The van der Waals surface area contributed by atoms with Gasteiger partial charge in [0.15, 0.2) is 0 Å². The van der Waals surface area contributed by atoms with Gasteiger partial charge in [0.25, 0.3) is 5.91 Å². The monoisotopic (exact) mass is 409 g/mol. The van der Waals surface area contributed by atoms with E-state index >= 15 is 0 Å². The van der Waals surface area contributed by atoms with Crippen molar-refractivity contribution in [2.45, 2.75) is 26.4 Å².